The molecule has 10 heteroatoms. The van der Waals surface area contributed by atoms with E-state index in [4.69, 9.17) is 9.47 Å². The quantitative estimate of drug-likeness (QED) is 0.429. The number of urea groups is 1. The summed E-state index contributed by atoms with van der Waals surface area (Å²) in [5, 5.41) is 2.55. The second kappa shape index (κ2) is 11.0. The van der Waals surface area contributed by atoms with Crippen LogP contribution in [0.5, 0.6) is 0 Å². The number of carbonyl (C=O) groups excluding carboxylic acids is 4. The van der Waals surface area contributed by atoms with Gasteiger partial charge in [0.2, 0.25) is 0 Å². The minimum atomic E-state index is -0.823. The van der Waals surface area contributed by atoms with E-state index in [0.29, 0.717) is 25.1 Å². The van der Waals surface area contributed by atoms with Gasteiger partial charge in [-0.3, -0.25) is 15.6 Å². The van der Waals surface area contributed by atoms with Gasteiger partial charge in [0.1, 0.15) is 12.1 Å². The monoisotopic (exact) mass is 420 g/mol. The van der Waals surface area contributed by atoms with Crippen LogP contribution in [-0.4, -0.2) is 60.6 Å². The van der Waals surface area contributed by atoms with Gasteiger partial charge in [-0.2, -0.15) is 0 Å². The van der Waals surface area contributed by atoms with Crippen molar-refractivity contribution in [1.29, 1.82) is 0 Å². The van der Waals surface area contributed by atoms with Gasteiger partial charge in [0.05, 0.1) is 24.5 Å². The minimum Gasteiger partial charge on any atom is -0.464 e. The van der Waals surface area contributed by atoms with Crippen molar-refractivity contribution in [3.05, 3.63) is 29.8 Å². The lowest BCUT2D eigenvalue weighted by Gasteiger charge is -2.26. The molecule has 0 spiro atoms. The number of carbonyl (C=O) groups is 4. The fourth-order valence-electron chi connectivity index (χ4n) is 3.07. The molecule has 2 unspecified atom stereocenters. The van der Waals surface area contributed by atoms with Crippen LogP contribution in [0.15, 0.2) is 24.3 Å². The van der Waals surface area contributed by atoms with Crippen molar-refractivity contribution in [2.75, 3.05) is 25.2 Å². The molecule has 1 aliphatic rings. The van der Waals surface area contributed by atoms with Gasteiger partial charge in [-0.05, 0) is 45.7 Å². The number of hydrogen-bond donors (Lipinski definition) is 3. The lowest BCUT2D eigenvalue weighted by Crippen LogP contribution is -2.53. The summed E-state index contributed by atoms with van der Waals surface area (Å²) < 4.78 is 9.88. The number of hydrogen-bond acceptors (Lipinski definition) is 7. The average molecular weight is 420 g/mol. The Labute approximate surface area is 175 Å². The summed E-state index contributed by atoms with van der Waals surface area (Å²) in [6.45, 7) is 5.75. The molecule has 3 N–H and O–H groups in total. The molecule has 1 aromatic carbocycles. The van der Waals surface area contributed by atoms with E-state index in [1.54, 1.807) is 38.1 Å². The van der Waals surface area contributed by atoms with Gasteiger partial charge >= 0.3 is 18.0 Å². The number of nitrogens with one attached hydrogen (secondary N) is 3. The number of benzene rings is 1. The Balaban J connectivity index is 1.98. The molecule has 10 nitrogen and oxygen atoms in total. The molecular formula is C20H28N4O6. The van der Waals surface area contributed by atoms with Crippen LogP contribution in [0.4, 0.5) is 10.5 Å². The van der Waals surface area contributed by atoms with Crippen molar-refractivity contribution in [1.82, 2.24) is 15.6 Å². The van der Waals surface area contributed by atoms with Crippen LogP contribution in [0.1, 0.15) is 44.0 Å². The number of likely N-dealkylation sites (tertiary alicyclic amines) is 1. The van der Waals surface area contributed by atoms with Crippen molar-refractivity contribution < 1.29 is 28.7 Å². The third-order valence-corrected chi connectivity index (χ3v) is 4.54. The molecule has 0 bridgehead atoms. The van der Waals surface area contributed by atoms with E-state index in [2.05, 4.69) is 16.2 Å². The smallest absolute Gasteiger partial charge is 0.340 e. The van der Waals surface area contributed by atoms with Gasteiger partial charge in [0.25, 0.3) is 5.91 Å². The van der Waals surface area contributed by atoms with Gasteiger partial charge in [0.15, 0.2) is 0 Å². The van der Waals surface area contributed by atoms with Gasteiger partial charge in [0, 0.05) is 6.54 Å². The molecule has 1 fully saturated rings. The molecule has 1 aliphatic heterocycles. The third-order valence-electron chi connectivity index (χ3n) is 4.54. The second-order valence-electron chi connectivity index (χ2n) is 6.65. The molecular weight excluding hydrogens is 392 g/mol. The Bertz CT molecular complexity index is 784. The van der Waals surface area contributed by atoms with E-state index in [1.807, 2.05) is 0 Å². The molecule has 0 saturated carbocycles. The van der Waals surface area contributed by atoms with Crippen molar-refractivity contribution in [2.24, 2.45) is 0 Å². The minimum absolute atomic E-state index is 0.215. The van der Waals surface area contributed by atoms with Crippen molar-refractivity contribution >= 4 is 29.6 Å². The zero-order valence-electron chi connectivity index (χ0n) is 17.4. The summed E-state index contributed by atoms with van der Waals surface area (Å²) in [4.78, 5) is 50.3. The fraction of sp³-hybridized carbons (Fsp3) is 0.500. The number of rotatable bonds is 8. The van der Waals surface area contributed by atoms with Gasteiger partial charge < -0.3 is 19.7 Å². The Hall–Kier alpha value is -3.30. The summed E-state index contributed by atoms with van der Waals surface area (Å²) in [6, 6.07) is 4.57. The Morgan fingerprint density at radius 2 is 1.83 bits per heavy atom. The summed E-state index contributed by atoms with van der Waals surface area (Å²) in [5.74, 6) is -1.47. The molecule has 1 aromatic rings. The molecule has 0 aliphatic carbocycles. The van der Waals surface area contributed by atoms with E-state index in [1.165, 1.54) is 11.8 Å². The lowest BCUT2D eigenvalue weighted by molar-refractivity contribution is -0.144. The van der Waals surface area contributed by atoms with E-state index in [-0.39, 0.29) is 18.8 Å². The third kappa shape index (κ3) is 5.85. The Kier molecular flexibility index (Phi) is 8.45. The maximum absolute atomic E-state index is 12.7. The predicted octanol–water partition coefficient (Wildman–Crippen LogP) is 1.43. The van der Waals surface area contributed by atoms with Crippen LogP contribution in [0.3, 0.4) is 0 Å². The molecule has 0 aromatic heterocycles. The van der Waals surface area contributed by atoms with E-state index < -0.39 is 36.0 Å². The molecule has 1 heterocycles. The topological polar surface area (TPSA) is 126 Å². The average Bonchev–Trinajstić information content (AvgIpc) is 3.22. The number of amides is 3. The standard InChI is InChI=1S/C20H28N4O6/c1-4-29-18(26)13(3)21-20(28)24-12-8-11-16(24)17(25)23-22-15-10-7-6-9-14(15)19(27)30-5-2/h6-7,9-10,13,16,22H,4-5,8,11-12H2,1-3H3,(H,21,28)(H,23,25). The maximum Gasteiger partial charge on any atom is 0.340 e. The van der Waals surface area contributed by atoms with E-state index in [0.717, 1.165) is 0 Å². The highest BCUT2D eigenvalue weighted by Gasteiger charge is 2.35. The SMILES string of the molecule is CCOC(=O)c1ccccc1NNC(=O)C1CCCN1C(=O)NC(C)C(=O)OCC. The predicted molar refractivity (Wildman–Crippen MR) is 109 cm³/mol. The molecule has 3 amide bonds. The van der Waals surface area contributed by atoms with Crippen LogP contribution >= 0.6 is 0 Å². The number of esters is 2. The zero-order chi connectivity index (χ0) is 22.1. The van der Waals surface area contributed by atoms with Crippen LogP contribution in [0.2, 0.25) is 0 Å². The number of para-hydroxylation sites is 1. The fourth-order valence-corrected chi connectivity index (χ4v) is 3.07. The molecule has 2 rings (SSSR count). The summed E-state index contributed by atoms with van der Waals surface area (Å²) in [7, 11) is 0. The summed E-state index contributed by atoms with van der Waals surface area (Å²) in [5.41, 5.74) is 5.95. The zero-order valence-corrected chi connectivity index (χ0v) is 17.4. The van der Waals surface area contributed by atoms with Crippen molar-refractivity contribution in [3.8, 4) is 0 Å². The van der Waals surface area contributed by atoms with Gasteiger partial charge in [-0.25, -0.2) is 14.4 Å². The first-order valence-electron chi connectivity index (χ1n) is 9.94. The van der Waals surface area contributed by atoms with Crippen LogP contribution in [-0.2, 0) is 19.1 Å². The van der Waals surface area contributed by atoms with Crippen LogP contribution in [0.25, 0.3) is 0 Å². The van der Waals surface area contributed by atoms with E-state index in [9.17, 15) is 19.2 Å². The normalized spacial score (nSPS) is 16.4. The second-order valence-corrected chi connectivity index (χ2v) is 6.65. The maximum atomic E-state index is 12.7. The first-order chi connectivity index (χ1) is 14.4. The molecule has 164 valence electrons. The first-order valence-corrected chi connectivity index (χ1v) is 9.94. The number of ether oxygens (including phenoxy) is 2. The number of anilines is 1. The van der Waals surface area contributed by atoms with Crippen LogP contribution in [0, 0.1) is 0 Å². The molecule has 2 atom stereocenters. The highest BCUT2D eigenvalue weighted by Crippen LogP contribution is 2.19. The van der Waals surface area contributed by atoms with Crippen molar-refractivity contribution in [2.45, 2.75) is 45.7 Å². The van der Waals surface area contributed by atoms with Gasteiger partial charge in [-0.15, -0.1) is 0 Å². The van der Waals surface area contributed by atoms with Crippen LogP contribution < -0.4 is 16.2 Å². The number of nitrogens with zero attached hydrogens (tertiary/aromatic N) is 1. The largest absolute Gasteiger partial charge is 0.464 e. The van der Waals surface area contributed by atoms with E-state index >= 15 is 0 Å². The molecule has 30 heavy (non-hydrogen) atoms. The number of hydrazine groups is 1. The highest BCUT2D eigenvalue weighted by molar-refractivity contribution is 5.96. The summed E-state index contributed by atoms with van der Waals surface area (Å²) in [6.07, 6.45) is 1.13. The van der Waals surface area contributed by atoms with Gasteiger partial charge in [-0.1, -0.05) is 12.1 Å². The molecule has 0 radical (unpaired) electrons. The Morgan fingerprint density at radius 1 is 1.13 bits per heavy atom. The summed E-state index contributed by atoms with van der Waals surface area (Å²) >= 11 is 0. The van der Waals surface area contributed by atoms with Crippen molar-refractivity contribution in [3.63, 3.8) is 0 Å². The molecule has 1 saturated heterocycles. The Morgan fingerprint density at radius 3 is 2.53 bits per heavy atom. The highest BCUT2D eigenvalue weighted by atomic mass is 16.5. The first kappa shape index (κ1) is 23.0. The lowest BCUT2D eigenvalue weighted by atomic mass is 10.2.